The van der Waals surface area contributed by atoms with E-state index in [1.54, 1.807) is 18.2 Å². The van der Waals surface area contributed by atoms with Crippen molar-refractivity contribution in [1.82, 2.24) is 5.32 Å². The fourth-order valence-electron chi connectivity index (χ4n) is 2.15. The predicted molar refractivity (Wildman–Crippen MR) is 101 cm³/mol. The number of amides is 1. The maximum atomic E-state index is 11.7. The Kier molecular flexibility index (Phi) is 5.34. The minimum Gasteiger partial charge on any atom is -0.733 e. The second kappa shape index (κ2) is 7.66. The van der Waals surface area contributed by atoms with Gasteiger partial charge in [0.1, 0.15) is 16.7 Å². The van der Waals surface area contributed by atoms with Crippen LogP contribution >= 0.6 is 24.0 Å². The van der Waals surface area contributed by atoms with Gasteiger partial charge in [0.15, 0.2) is 0 Å². The Balaban J connectivity index is 1.67. The van der Waals surface area contributed by atoms with Crippen LogP contribution in [0.15, 0.2) is 53.4 Å². The average molecular weight is 373 g/mol. The number of carbonyl (C=O) groups excluding carboxylic acids is 1. The van der Waals surface area contributed by atoms with Crippen LogP contribution in [0.4, 0.5) is 5.69 Å². The minimum absolute atomic E-state index is 0.155. The molecule has 1 heterocycles. The SMILES string of the molecule is O=C1NC(=S)S/C1=C/c1cccc(OCc2ccc(N([O-])O)cc2)c1. The minimum atomic E-state index is -0.197. The number of thiocarbonyl (C=S) groups is 1. The van der Waals surface area contributed by atoms with Gasteiger partial charge in [-0.25, -0.2) is 0 Å². The van der Waals surface area contributed by atoms with Crippen molar-refractivity contribution in [3.05, 3.63) is 69.8 Å². The molecule has 2 aromatic rings. The first-order valence-corrected chi connectivity index (χ1v) is 8.46. The molecule has 2 N–H and O–H groups in total. The van der Waals surface area contributed by atoms with Gasteiger partial charge in [0.25, 0.3) is 5.91 Å². The molecule has 0 bridgehead atoms. The summed E-state index contributed by atoms with van der Waals surface area (Å²) in [7, 11) is 0. The highest BCUT2D eigenvalue weighted by Gasteiger charge is 2.21. The van der Waals surface area contributed by atoms with Crippen molar-refractivity contribution in [1.29, 1.82) is 0 Å². The highest BCUT2D eigenvalue weighted by molar-refractivity contribution is 8.26. The Morgan fingerprint density at radius 3 is 2.68 bits per heavy atom. The summed E-state index contributed by atoms with van der Waals surface area (Å²) in [6, 6.07) is 13.7. The zero-order valence-corrected chi connectivity index (χ0v) is 14.5. The standard InChI is InChI=1S/C17H13N2O4S2/c20-16-15(25-17(24)18-16)9-12-2-1-3-14(8-12)23-10-11-4-6-13(7-5-11)19(21)22/h1-9,21H,10H2,(H,18,20,24)/q-1/b15-9+. The Hall–Kier alpha value is -2.39. The van der Waals surface area contributed by atoms with Crippen LogP contribution in [0.2, 0.25) is 0 Å². The number of rotatable bonds is 5. The molecule has 0 aliphatic carbocycles. The second-order valence-corrected chi connectivity index (χ2v) is 6.87. The summed E-state index contributed by atoms with van der Waals surface area (Å²) in [5.41, 5.74) is 1.84. The summed E-state index contributed by atoms with van der Waals surface area (Å²) in [5, 5.41) is 21.9. The molecule has 0 atom stereocenters. The highest BCUT2D eigenvalue weighted by atomic mass is 32.2. The summed E-state index contributed by atoms with van der Waals surface area (Å²) in [4.78, 5) is 12.2. The second-order valence-electron chi connectivity index (χ2n) is 5.15. The Morgan fingerprint density at radius 2 is 2.04 bits per heavy atom. The number of hydrogen-bond acceptors (Lipinski definition) is 7. The van der Waals surface area contributed by atoms with Crippen LogP contribution in [-0.4, -0.2) is 15.4 Å². The number of anilines is 1. The van der Waals surface area contributed by atoms with Gasteiger partial charge in [-0.2, -0.15) is 0 Å². The van der Waals surface area contributed by atoms with E-state index >= 15 is 0 Å². The first-order chi connectivity index (χ1) is 12.0. The van der Waals surface area contributed by atoms with E-state index in [-0.39, 0.29) is 16.8 Å². The molecule has 0 saturated carbocycles. The Labute approximate surface area is 153 Å². The van der Waals surface area contributed by atoms with Crippen molar-refractivity contribution < 1.29 is 14.7 Å². The topological polar surface area (TPSA) is 84.9 Å². The zero-order valence-electron chi connectivity index (χ0n) is 12.8. The van der Waals surface area contributed by atoms with Gasteiger partial charge in [0.2, 0.25) is 0 Å². The third-order valence-electron chi connectivity index (χ3n) is 3.36. The maximum Gasteiger partial charge on any atom is 0.263 e. The molecule has 1 aliphatic heterocycles. The molecular formula is C17H13N2O4S2-. The Bertz CT molecular complexity index is 835. The van der Waals surface area contributed by atoms with E-state index in [1.807, 2.05) is 24.3 Å². The number of nitrogens with zero attached hydrogens (tertiary/aromatic N) is 1. The molecule has 2 aromatic carbocycles. The molecule has 1 fully saturated rings. The smallest absolute Gasteiger partial charge is 0.263 e. The summed E-state index contributed by atoms with van der Waals surface area (Å²) in [6.45, 7) is 0.309. The molecule has 0 radical (unpaired) electrons. The normalized spacial score (nSPS) is 15.4. The molecule has 0 unspecified atom stereocenters. The van der Waals surface area contributed by atoms with E-state index in [1.165, 1.54) is 23.9 Å². The van der Waals surface area contributed by atoms with Crippen molar-refractivity contribution in [2.75, 3.05) is 5.23 Å². The maximum absolute atomic E-state index is 11.7. The lowest BCUT2D eigenvalue weighted by atomic mass is 10.2. The molecule has 1 amide bonds. The molecular weight excluding hydrogens is 360 g/mol. The largest absolute Gasteiger partial charge is 0.733 e. The van der Waals surface area contributed by atoms with Gasteiger partial charge in [0, 0.05) is 0 Å². The highest BCUT2D eigenvalue weighted by Crippen LogP contribution is 2.27. The van der Waals surface area contributed by atoms with Gasteiger partial charge >= 0.3 is 0 Å². The van der Waals surface area contributed by atoms with E-state index in [0.717, 1.165) is 11.1 Å². The lowest BCUT2D eigenvalue weighted by Gasteiger charge is -2.21. The van der Waals surface area contributed by atoms with Crippen molar-refractivity contribution in [3.63, 3.8) is 0 Å². The van der Waals surface area contributed by atoms with E-state index < -0.39 is 0 Å². The predicted octanol–water partition coefficient (Wildman–Crippen LogP) is 3.45. The van der Waals surface area contributed by atoms with Gasteiger partial charge in [-0.15, -0.1) is 0 Å². The lowest BCUT2D eigenvalue weighted by Crippen LogP contribution is -2.17. The van der Waals surface area contributed by atoms with Crippen LogP contribution in [0.1, 0.15) is 11.1 Å². The van der Waals surface area contributed by atoms with Crippen molar-refractivity contribution in [3.8, 4) is 5.75 Å². The van der Waals surface area contributed by atoms with Crippen LogP contribution in [0, 0.1) is 5.21 Å². The monoisotopic (exact) mass is 373 g/mol. The number of hydrogen-bond donors (Lipinski definition) is 2. The number of benzene rings is 2. The quantitative estimate of drug-likeness (QED) is 0.472. The van der Waals surface area contributed by atoms with E-state index in [9.17, 15) is 10.0 Å². The molecule has 0 aromatic heterocycles. The third-order valence-corrected chi connectivity index (χ3v) is 4.52. The van der Waals surface area contributed by atoms with Crippen LogP contribution in [0.25, 0.3) is 6.08 Å². The lowest BCUT2D eigenvalue weighted by molar-refractivity contribution is -0.115. The summed E-state index contributed by atoms with van der Waals surface area (Å²) in [5.74, 6) is 0.453. The zero-order chi connectivity index (χ0) is 17.8. The molecule has 128 valence electrons. The molecule has 6 nitrogen and oxygen atoms in total. The summed E-state index contributed by atoms with van der Waals surface area (Å²) < 4.78 is 6.18. The molecule has 8 heteroatoms. The van der Waals surface area contributed by atoms with Crippen LogP contribution in [0.3, 0.4) is 0 Å². The number of nitrogens with one attached hydrogen (secondary N) is 1. The number of carbonyl (C=O) groups is 1. The third kappa shape index (κ3) is 4.58. The van der Waals surface area contributed by atoms with Crippen LogP contribution < -0.4 is 15.3 Å². The van der Waals surface area contributed by atoms with Crippen molar-refractivity contribution in [2.24, 2.45) is 0 Å². The molecule has 0 spiro atoms. The summed E-state index contributed by atoms with van der Waals surface area (Å²) in [6.07, 6.45) is 1.75. The van der Waals surface area contributed by atoms with Crippen LogP contribution in [-0.2, 0) is 11.4 Å². The Morgan fingerprint density at radius 1 is 1.28 bits per heavy atom. The van der Waals surface area contributed by atoms with Gasteiger partial charge in [0.05, 0.1) is 10.6 Å². The summed E-state index contributed by atoms with van der Waals surface area (Å²) >= 11 is 6.19. The average Bonchev–Trinajstić information content (AvgIpc) is 2.91. The number of ether oxygens (including phenoxy) is 1. The molecule has 1 saturated heterocycles. The van der Waals surface area contributed by atoms with Gasteiger partial charge < -0.3 is 20.5 Å². The fraction of sp³-hybridized carbons (Fsp3) is 0.0588. The molecule has 1 aliphatic rings. The van der Waals surface area contributed by atoms with Crippen molar-refractivity contribution >= 4 is 46.0 Å². The first-order valence-electron chi connectivity index (χ1n) is 7.24. The van der Waals surface area contributed by atoms with Gasteiger partial charge in [-0.05, 0) is 41.5 Å². The van der Waals surface area contributed by atoms with Gasteiger partial charge in [-0.1, -0.05) is 48.2 Å². The van der Waals surface area contributed by atoms with Crippen LogP contribution in [0.5, 0.6) is 5.75 Å². The van der Waals surface area contributed by atoms with Gasteiger partial charge in [-0.3, -0.25) is 10.0 Å². The molecule has 3 rings (SSSR count). The van der Waals surface area contributed by atoms with E-state index in [2.05, 4.69) is 5.32 Å². The van der Waals surface area contributed by atoms with E-state index in [4.69, 9.17) is 22.2 Å². The fourth-order valence-corrected chi connectivity index (χ4v) is 3.20. The number of thioether (sulfide) groups is 1. The molecule has 25 heavy (non-hydrogen) atoms. The first kappa shape index (κ1) is 17.4. The van der Waals surface area contributed by atoms with Crippen molar-refractivity contribution in [2.45, 2.75) is 6.61 Å². The van der Waals surface area contributed by atoms with E-state index in [0.29, 0.717) is 21.6 Å².